The van der Waals surface area contributed by atoms with E-state index in [1.54, 1.807) is 48.5 Å². The minimum absolute atomic E-state index is 0.314. The topological polar surface area (TPSA) is 34.1 Å². The first-order valence-electron chi connectivity index (χ1n) is 6.10. The summed E-state index contributed by atoms with van der Waals surface area (Å²) in [7, 11) is -3.88. The van der Waals surface area contributed by atoms with Gasteiger partial charge in [-0.15, -0.1) is 0 Å². The lowest BCUT2D eigenvalue weighted by Gasteiger charge is -2.02. The fourth-order valence-corrected chi connectivity index (χ4v) is 3.25. The normalized spacial score (nSPS) is 13.2. The molecule has 0 heterocycles. The molecule has 108 valence electrons. The van der Waals surface area contributed by atoms with Gasteiger partial charge in [-0.05, 0) is 23.3 Å². The average Bonchev–Trinajstić information content (AvgIpc) is 2.49. The van der Waals surface area contributed by atoms with Gasteiger partial charge in [0.25, 0.3) is 0 Å². The van der Waals surface area contributed by atoms with Crippen LogP contribution in [0.15, 0.2) is 69.4 Å². The maximum absolute atomic E-state index is 12.2. The van der Waals surface area contributed by atoms with Gasteiger partial charge in [0.15, 0.2) is 0 Å². The van der Waals surface area contributed by atoms with E-state index in [0.717, 1.165) is 0 Å². The standard InChI is InChI=1S/C16H12Cl2O2S/c17-15(11-13-7-3-1-4-8-13)21(19,20)16(18)12-14-9-5-2-6-10-14/h1-12H/b15-11+,16-12+. The summed E-state index contributed by atoms with van der Waals surface area (Å²) in [5, 5.41) is 0. The van der Waals surface area contributed by atoms with Crippen LogP contribution in [-0.2, 0) is 9.84 Å². The molecule has 0 radical (unpaired) electrons. The Morgan fingerprint density at radius 3 is 1.38 bits per heavy atom. The molecule has 0 aliphatic rings. The SMILES string of the molecule is O=S(=O)(/C(Cl)=C/c1ccccc1)/C(Cl)=C/c1ccccc1. The Morgan fingerprint density at radius 1 is 0.714 bits per heavy atom. The van der Waals surface area contributed by atoms with Gasteiger partial charge in [0.2, 0.25) is 9.84 Å². The minimum atomic E-state index is -3.88. The molecular weight excluding hydrogens is 327 g/mol. The molecule has 2 aromatic rings. The van der Waals surface area contributed by atoms with E-state index in [2.05, 4.69) is 0 Å². The fraction of sp³-hybridized carbons (Fsp3) is 0. The second kappa shape index (κ2) is 6.94. The van der Waals surface area contributed by atoms with Crippen molar-refractivity contribution < 1.29 is 8.42 Å². The summed E-state index contributed by atoms with van der Waals surface area (Å²) in [4.78, 5) is 0. The van der Waals surface area contributed by atoms with Gasteiger partial charge in [-0.25, -0.2) is 8.42 Å². The molecule has 0 aromatic heterocycles. The Kier molecular flexibility index (Phi) is 5.23. The van der Waals surface area contributed by atoms with Gasteiger partial charge in [0, 0.05) is 0 Å². The molecule has 5 heteroatoms. The van der Waals surface area contributed by atoms with E-state index in [9.17, 15) is 8.42 Å². The number of sulfone groups is 1. The van der Waals surface area contributed by atoms with Crippen molar-refractivity contribution in [3.63, 3.8) is 0 Å². The highest BCUT2D eigenvalue weighted by Crippen LogP contribution is 2.27. The summed E-state index contributed by atoms with van der Waals surface area (Å²) >= 11 is 11.8. The summed E-state index contributed by atoms with van der Waals surface area (Å²) in [5.41, 5.74) is 1.38. The van der Waals surface area contributed by atoms with Crippen LogP contribution < -0.4 is 0 Å². The average molecular weight is 339 g/mol. The maximum atomic E-state index is 12.2. The van der Waals surface area contributed by atoms with Crippen LogP contribution >= 0.6 is 23.2 Å². The Balaban J connectivity index is 2.33. The zero-order chi connectivity index (χ0) is 15.3. The quantitative estimate of drug-likeness (QED) is 0.796. The predicted octanol–water partition coefficient (Wildman–Crippen LogP) is 4.88. The second-order valence-electron chi connectivity index (χ2n) is 4.22. The van der Waals surface area contributed by atoms with E-state index < -0.39 is 9.84 Å². The van der Waals surface area contributed by atoms with Crippen LogP contribution in [-0.4, -0.2) is 8.42 Å². The highest BCUT2D eigenvalue weighted by molar-refractivity contribution is 8.02. The lowest BCUT2D eigenvalue weighted by molar-refractivity contribution is 0.611. The van der Waals surface area contributed by atoms with Crippen LogP contribution in [0.1, 0.15) is 11.1 Å². The van der Waals surface area contributed by atoms with Crippen molar-refractivity contribution in [2.75, 3.05) is 0 Å². The molecule has 0 fully saturated rings. The Hall–Kier alpha value is -1.55. The molecule has 2 nitrogen and oxygen atoms in total. The zero-order valence-electron chi connectivity index (χ0n) is 10.9. The molecule has 2 rings (SSSR count). The van der Waals surface area contributed by atoms with E-state index in [1.165, 1.54) is 12.2 Å². The van der Waals surface area contributed by atoms with Gasteiger partial charge >= 0.3 is 0 Å². The van der Waals surface area contributed by atoms with Crippen LogP contribution in [0.2, 0.25) is 0 Å². The smallest absolute Gasteiger partial charge is 0.217 e. The number of benzene rings is 2. The lowest BCUT2D eigenvalue weighted by Crippen LogP contribution is -1.99. The van der Waals surface area contributed by atoms with Crippen molar-refractivity contribution in [3.8, 4) is 0 Å². The maximum Gasteiger partial charge on any atom is 0.228 e. The first kappa shape index (κ1) is 15.8. The number of rotatable bonds is 4. The molecule has 0 N–H and O–H groups in total. The van der Waals surface area contributed by atoms with Gasteiger partial charge in [-0.3, -0.25) is 0 Å². The van der Waals surface area contributed by atoms with Gasteiger partial charge in [0.05, 0.1) is 0 Å². The van der Waals surface area contributed by atoms with Crippen LogP contribution in [0.3, 0.4) is 0 Å². The molecular formula is C16H12Cl2O2S. The van der Waals surface area contributed by atoms with E-state index in [0.29, 0.717) is 11.1 Å². The van der Waals surface area contributed by atoms with E-state index in [4.69, 9.17) is 23.2 Å². The Labute approximate surface area is 134 Å². The molecule has 0 bridgehead atoms. The molecule has 0 saturated carbocycles. The third kappa shape index (κ3) is 4.21. The van der Waals surface area contributed by atoms with Gasteiger partial charge in [0.1, 0.15) is 8.73 Å². The van der Waals surface area contributed by atoms with Gasteiger partial charge in [-0.1, -0.05) is 83.9 Å². The van der Waals surface area contributed by atoms with Crippen LogP contribution in [0.4, 0.5) is 0 Å². The van der Waals surface area contributed by atoms with E-state index in [-0.39, 0.29) is 8.73 Å². The van der Waals surface area contributed by atoms with Crippen LogP contribution in [0.25, 0.3) is 12.2 Å². The number of hydrogen-bond acceptors (Lipinski definition) is 2. The highest BCUT2D eigenvalue weighted by atomic mass is 35.5. The molecule has 21 heavy (non-hydrogen) atoms. The van der Waals surface area contributed by atoms with Crippen LogP contribution in [0.5, 0.6) is 0 Å². The van der Waals surface area contributed by atoms with Crippen molar-refractivity contribution in [2.45, 2.75) is 0 Å². The zero-order valence-corrected chi connectivity index (χ0v) is 13.2. The minimum Gasteiger partial charge on any atom is -0.217 e. The van der Waals surface area contributed by atoms with Crippen molar-refractivity contribution in [1.82, 2.24) is 0 Å². The third-order valence-electron chi connectivity index (χ3n) is 2.67. The van der Waals surface area contributed by atoms with Gasteiger partial charge < -0.3 is 0 Å². The largest absolute Gasteiger partial charge is 0.228 e. The van der Waals surface area contributed by atoms with E-state index in [1.807, 2.05) is 12.1 Å². The monoisotopic (exact) mass is 338 g/mol. The van der Waals surface area contributed by atoms with Gasteiger partial charge in [-0.2, -0.15) is 0 Å². The molecule has 0 aliphatic carbocycles. The summed E-state index contributed by atoms with van der Waals surface area (Å²) in [6, 6.07) is 17.9. The van der Waals surface area contributed by atoms with Crippen molar-refractivity contribution in [3.05, 3.63) is 80.5 Å². The summed E-state index contributed by atoms with van der Waals surface area (Å²) in [5.74, 6) is 0. The number of halogens is 2. The summed E-state index contributed by atoms with van der Waals surface area (Å²) < 4.78 is 23.8. The molecule has 0 spiro atoms. The van der Waals surface area contributed by atoms with Crippen molar-refractivity contribution in [2.24, 2.45) is 0 Å². The highest BCUT2D eigenvalue weighted by Gasteiger charge is 2.20. The third-order valence-corrected chi connectivity index (χ3v) is 5.37. The molecule has 2 aromatic carbocycles. The summed E-state index contributed by atoms with van der Waals surface area (Å²) in [6.45, 7) is 0. The Morgan fingerprint density at radius 2 is 1.05 bits per heavy atom. The first-order valence-corrected chi connectivity index (χ1v) is 8.33. The molecule has 0 unspecified atom stereocenters. The molecule has 0 amide bonds. The molecule has 0 aliphatic heterocycles. The van der Waals surface area contributed by atoms with Crippen LogP contribution in [0, 0.1) is 0 Å². The number of hydrogen-bond donors (Lipinski definition) is 0. The molecule has 0 atom stereocenters. The predicted molar refractivity (Wildman–Crippen MR) is 89.5 cm³/mol. The first-order chi connectivity index (χ1) is 10.00. The fourth-order valence-electron chi connectivity index (χ4n) is 1.61. The van der Waals surface area contributed by atoms with E-state index >= 15 is 0 Å². The second-order valence-corrected chi connectivity index (χ2v) is 7.37. The lowest BCUT2D eigenvalue weighted by atomic mass is 10.2. The Bertz CT molecular complexity index is 703. The van der Waals surface area contributed by atoms with Crippen molar-refractivity contribution in [1.29, 1.82) is 0 Å². The summed E-state index contributed by atoms with van der Waals surface area (Å²) in [6.07, 6.45) is 2.75. The molecule has 0 saturated heterocycles. The van der Waals surface area contributed by atoms with Crippen molar-refractivity contribution >= 4 is 45.2 Å².